The predicted molar refractivity (Wildman–Crippen MR) is 113 cm³/mol. The number of aliphatic imine (C=N–C) groups is 1. The van der Waals surface area contributed by atoms with Gasteiger partial charge in [-0.2, -0.15) is 0 Å². The number of carbonyl (C=O) groups excluding carboxylic acids is 1. The molecule has 0 aliphatic rings. The summed E-state index contributed by atoms with van der Waals surface area (Å²) in [7, 11) is 3.38. The van der Waals surface area contributed by atoms with Gasteiger partial charge in [0.15, 0.2) is 5.96 Å². The van der Waals surface area contributed by atoms with Gasteiger partial charge in [-0.1, -0.05) is 31.5 Å². The first-order valence-electron chi connectivity index (χ1n) is 7.85. The summed E-state index contributed by atoms with van der Waals surface area (Å²) >= 11 is 6.16. The molecule has 5 nitrogen and oxygen atoms in total. The van der Waals surface area contributed by atoms with Gasteiger partial charge in [0.05, 0.1) is 0 Å². The second-order valence-electron chi connectivity index (χ2n) is 6.34. The molecule has 0 radical (unpaired) electrons. The van der Waals surface area contributed by atoms with Crippen LogP contribution in [0.2, 0.25) is 5.02 Å². The van der Waals surface area contributed by atoms with Gasteiger partial charge in [0.25, 0.3) is 0 Å². The third kappa shape index (κ3) is 7.77. The van der Waals surface area contributed by atoms with Crippen LogP contribution in [-0.2, 0) is 10.2 Å². The van der Waals surface area contributed by atoms with Crippen molar-refractivity contribution >= 4 is 47.4 Å². The van der Waals surface area contributed by atoms with Crippen molar-refractivity contribution in [2.75, 3.05) is 33.7 Å². The summed E-state index contributed by atoms with van der Waals surface area (Å²) in [4.78, 5) is 17.4. The van der Waals surface area contributed by atoms with Gasteiger partial charge in [0.2, 0.25) is 5.91 Å². The van der Waals surface area contributed by atoms with E-state index in [-0.39, 0.29) is 47.7 Å². The SMILES string of the molecule is CCNC(=NCC(=O)N(C)C)NCC(C)(C)c1ccc(F)cc1Cl.I. The van der Waals surface area contributed by atoms with Crippen molar-refractivity contribution in [1.82, 2.24) is 15.5 Å². The van der Waals surface area contributed by atoms with E-state index in [1.807, 2.05) is 20.8 Å². The maximum atomic E-state index is 13.2. The highest BCUT2D eigenvalue weighted by Crippen LogP contribution is 2.29. The molecule has 0 spiro atoms. The molecule has 1 rings (SSSR count). The lowest BCUT2D eigenvalue weighted by Gasteiger charge is -2.27. The minimum absolute atomic E-state index is 0. The molecular weight excluding hydrogens is 458 g/mol. The first-order chi connectivity index (χ1) is 11.2. The number of nitrogens with one attached hydrogen (secondary N) is 2. The molecule has 1 aromatic carbocycles. The highest BCUT2D eigenvalue weighted by atomic mass is 127. The number of guanidine groups is 1. The minimum atomic E-state index is -0.357. The van der Waals surface area contributed by atoms with Crippen LogP contribution in [0.25, 0.3) is 0 Å². The summed E-state index contributed by atoms with van der Waals surface area (Å²) in [5.41, 5.74) is 0.505. The van der Waals surface area contributed by atoms with Gasteiger partial charge in [-0.05, 0) is 24.6 Å². The van der Waals surface area contributed by atoms with E-state index in [4.69, 9.17) is 11.6 Å². The summed E-state index contributed by atoms with van der Waals surface area (Å²) in [5.74, 6) is 0.122. The lowest BCUT2D eigenvalue weighted by atomic mass is 9.84. The zero-order chi connectivity index (χ0) is 18.3. The van der Waals surface area contributed by atoms with Crippen LogP contribution in [0, 0.1) is 5.82 Å². The van der Waals surface area contributed by atoms with Crippen LogP contribution in [-0.4, -0.2) is 50.5 Å². The van der Waals surface area contributed by atoms with Gasteiger partial charge in [-0.3, -0.25) is 4.79 Å². The van der Waals surface area contributed by atoms with E-state index < -0.39 is 0 Å². The number of halogens is 3. The minimum Gasteiger partial charge on any atom is -0.357 e. The van der Waals surface area contributed by atoms with Crippen molar-refractivity contribution in [3.63, 3.8) is 0 Å². The van der Waals surface area contributed by atoms with E-state index in [0.29, 0.717) is 24.1 Å². The highest BCUT2D eigenvalue weighted by Gasteiger charge is 2.24. The number of hydrogen-bond donors (Lipinski definition) is 2. The fraction of sp³-hybridized carbons (Fsp3) is 0.529. The molecule has 1 amide bonds. The highest BCUT2D eigenvalue weighted by molar-refractivity contribution is 14.0. The Kier molecular flexibility index (Phi) is 10.3. The Morgan fingerprint density at radius 1 is 1.32 bits per heavy atom. The Morgan fingerprint density at radius 3 is 2.48 bits per heavy atom. The third-order valence-corrected chi connectivity index (χ3v) is 3.89. The van der Waals surface area contributed by atoms with E-state index in [0.717, 1.165) is 5.56 Å². The average molecular weight is 485 g/mol. The van der Waals surface area contributed by atoms with Gasteiger partial charge < -0.3 is 15.5 Å². The second-order valence-corrected chi connectivity index (χ2v) is 6.75. The van der Waals surface area contributed by atoms with Crippen LogP contribution in [0.4, 0.5) is 4.39 Å². The first-order valence-corrected chi connectivity index (χ1v) is 8.23. The van der Waals surface area contributed by atoms with E-state index in [1.165, 1.54) is 17.0 Å². The topological polar surface area (TPSA) is 56.7 Å². The zero-order valence-electron chi connectivity index (χ0n) is 15.3. The van der Waals surface area contributed by atoms with Crippen LogP contribution in [0.3, 0.4) is 0 Å². The van der Waals surface area contributed by atoms with E-state index >= 15 is 0 Å². The van der Waals surface area contributed by atoms with Crippen molar-refractivity contribution in [3.8, 4) is 0 Å². The van der Waals surface area contributed by atoms with Crippen molar-refractivity contribution in [2.45, 2.75) is 26.2 Å². The molecule has 2 N–H and O–H groups in total. The summed E-state index contributed by atoms with van der Waals surface area (Å²) in [6.45, 7) is 7.24. The molecule has 0 unspecified atom stereocenters. The second kappa shape index (κ2) is 10.8. The number of benzene rings is 1. The smallest absolute Gasteiger partial charge is 0.243 e. The van der Waals surface area contributed by atoms with Gasteiger partial charge in [0.1, 0.15) is 12.4 Å². The van der Waals surface area contributed by atoms with Crippen molar-refractivity contribution < 1.29 is 9.18 Å². The quantitative estimate of drug-likeness (QED) is 0.371. The largest absolute Gasteiger partial charge is 0.357 e. The third-order valence-electron chi connectivity index (χ3n) is 3.57. The molecule has 0 saturated heterocycles. The van der Waals surface area contributed by atoms with Gasteiger partial charge in [0, 0.05) is 37.6 Å². The van der Waals surface area contributed by atoms with Gasteiger partial charge in [-0.15, -0.1) is 24.0 Å². The summed E-state index contributed by atoms with van der Waals surface area (Å²) in [6, 6.07) is 4.41. The predicted octanol–water partition coefficient (Wildman–Crippen LogP) is 3.02. The molecular formula is C17H27ClFIN4O. The average Bonchev–Trinajstić information content (AvgIpc) is 2.49. The number of likely N-dealkylation sites (N-methyl/N-ethyl adjacent to an activating group) is 1. The summed E-state index contributed by atoms with van der Waals surface area (Å²) < 4.78 is 13.2. The van der Waals surface area contributed by atoms with Crippen LogP contribution in [0.5, 0.6) is 0 Å². The first kappa shape index (κ1) is 23.9. The summed E-state index contributed by atoms with van der Waals surface area (Å²) in [5, 5.41) is 6.71. The van der Waals surface area contributed by atoms with Gasteiger partial charge in [-0.25, -0.2) is 9.38 Å². The lowest BCUT2D eigenvalue weighted by molar-refractivity contribution is -0.127. The van der Waals surface area contributed by atoms with E-state index in [9.17, 15) is 9.18 Å². The van der Waals surface area contributed by atoms with Crippen molar-refractivity contribution in [2.24, 2.45) is 4.99 Å². The molecule has 0 saturated carbocycles. The zero-order valence-corrected chi connectivity index (χ0v) is 18.4. The Morgan fingerprint density at radius 2 is 1.96 bits per heavy atom. The van der Waals surface area contributed by atoms with Crippen LogP contribution < -0.4 is 10.6 Å². The fourth-order valence-corrected chi connectivity index (χ4v) is 2.49. The molecule has 0 aliphatic carbocycles. The Bertz CT molecular complexity index is 608. The van der Waals surface area contributed by atoms with E-state index in [2.05, 4.69) is 15.6 Å². The maximum absolute atomic E-state index is 13.2. The molecule has 0 aromatic heterocycles. The normalized spacial score (nSPS) is 11.6. The number of rotatable bonds is 6. The standard InChI is InChI=1S/C17H26ClFN4O.HI/c1-6-20-16(21-10-15(24)23(4)5)22-11-17(2,3)13-8-7-12(19)9-14(13)18;/h7-9H,6,10-11H2,1-5H3,(H2,20,21,22);1H. The van der Waals surface area contributed by atoms with Gasteiger partial charge >= 0.3 is 0 Å². The molecule has 1 aromatic rings. The number of amides is 1. The molecule has 0 heterocycles. The molecule has 0 bridgehead atoms. The number of hydrogen-bond acceptors (Lipinski definition) is 2. The van der Waals surface area contributed by atoms with Crippen LogP contribution in [0.15, 0.2) is 23.2 Å². The molecule has 0 atom stereocenters. The molecule has 142 valence electrons. The molecule has 0 aliphatic heterocycles. The van der Waals surface area contributed by atoms with Crippen molar-refractivity contribution in [1.29, 1.82) is 0 Å². The fourth-order valence-electron chi connectivity index (χ4n) is 2.07. The van der Waals surface area contributed by atoms with Crippen LogP contribution in [0.1, 0.15) is 26.3 Å². The lowest BCUT2D eigenvalue weighted by Crippen LogP contribution is -2.44. The number of carbonyl (C=O) groups is 1. The summed E-state index contributed by atoms with van der Waals surface area (Å²) in [6.07, 6.45) is 0. The molecule has 25 heavy (non-hydrogen) atoms. The Balaban J connectivity index is 0.00000576. The maximum Gasteiger partial charge on any atom is 0.243 e. The number of nitrogens with zero attached hydrogens (tertiary/aromatic N) is 2. The van der Waals surface area contributed by atoms with E-state index in [1.54, 1.807) is 20.2 Å². The van der Waals surface area contributed by atoms with Crippen LogP contribution >= 0.6 is 35.6 Å². The van der Waals surface area contributed by atoms with Crippen molar-refractivity contribution in [3.05, 3.63) is 34.6 Å². The Labute approximate surface area is 171 Å². The monoisotopic (exact) mass is 484 g/mol. The molecule has 0 fully saturated rings. The molecule has 8 heteroatoms. The Hall–Kier alpha value is -1.09.